The molecule has 0 unspecified atom stereocenters. The number of nitrogens with one attached hydrogen (secondary N) is 2. The molecule has 2 aromatic rings. The van der Waals surface area contributed by atoms with Crippen molar-refractivity contribution in [1.82, 2.24) is 10.3 Å². The summed E-state index contributed by atoms with van der Waals surface area (Å²) in [6.07, 6.45) is 8.60. The van der Waals surface area contributed by atoms with E-state index < -0.39 is 0 Å². The molecule has 1 aromatic heterocycles. The number of para-hydroxylation sites is 1. The number of H-pyrrole nitrogens is 1. The average molecular weight is 288 g/mol. The Bertz CT molecular complexity index is 599. The van der Waals surface area contributed by atoms with Crippen molar-refractivity contribution in [3.8, 4) is 0 Å². The fraction of sp³-hybridized carbons (Fsp3) is 0.438. The quantitative estimate of drug-likeness (QED) is 0.907. The zero-order valence-corrected chi connectivity index (χ0v) is 12.5. The lowest BCUT2D eigenvalue weighted by Crippen LogP contribution is -2.38. The average Bonchev–Trinajstić information content (AvgIpc) is 2.92. The molecule has 0 bridgehead atoms. The second-order valence-electron chi connectivity index (χ2n) is 5.43. The van der Waals surface area contributed by atoms with Crippen LogP contribution in [0.1, 0.15) is 36.0 Å². The van der Waals surface area contributed by atoms with E-state index in [-0.39, 0.29) is 5.91 Å². The Kier molecular flexibility index (Phi) is 4.01. The number of aromatic amines is 1. The Balaban J connectivity index is 1.68. The Morgan fingerprint density at radius 2 is 2.00 bits per heavy atom. The predicted molar refractivity (Wildman–Crippen MR) is 85.3 cm³/mol. The van der Waals surface area contributed by atoms with Gasteiger partial charge in [-0.25, -0.2) is 0 Å². The highest BCUT2D eigenvalue weighted by Crippen LogP contribution is 2.27. The van der Waals surface area contributed by atoms with Gasteiger partial charge in [-0.1, -0.05) is 18.2 Å². The number of carbonyl (C=O) groups excluding carboxylic acids is 1. The van der Waals surface area contributed by atoms with Crippen molar-refractivity contribution < 1.29 is 4.79 Å². The number of benzene rings is 1. The van der Waals surface area contributed by atoms with Crippen LogP contribution in [0, 0.1) is 0 Å². The summed E-state index contributed by atoms with van der Waals surface area (Å²) in [5, 5.41) is 4.97. The number of rotatable bonds is 3. The first-order chi connectivity index (χ1) is 9.78. The van der Waals surface area contributed by atoms with Crippen molar-refractivity contribution in [2.45, 2.75) is 37.0 Å². The van der Waals surface area contributed by atoms with E-state index in [4.69, 9.17) is 0 Å². The highest BCUT2D eigenvalue weighted by molar-refractivity contribution is 7.99. The van der Waals surface area contributed by atoms with Gasteiger partial charge in [-0.3, -0.25) is 4.79 Å². The third-order valence-electron chi connectivity index (χ3n) is 4.18. The van der Waals surface area contributed by atoms with Gasteiger partial charge in [0.1, 0.15) is 0 Å². The van der Waals surface area contributed by atoms with Crippen molar-refractivity contribution in [2.24, 2.45) is 0 Å². The first kappa shape index (κ1) is 13.6. The van der Waals surface area contributed by atoms with Crippen LogP contribution in [0.15, 0.2) is 30.5 Å². The fourth-order valence-electron chi connectivity index (χ4n) is 2.97. The summed E-state index contributed by atoms with van der Waals surface area (Å²) >= 11 is 1.95. The molecule has 0 aliphatic heterocycles. The Hall–Kier alpha value is -1.42. The molecular formula is C16H20N2OS. The first-order valence-electron chi connectivity index (χ1n) is 7.17. The summed E-state index contributed by atoms with van der Waals surface area (Å²) in [4.78, 5) is 15.6. The van der Waals surface area contributed by atoms with E-state index in [1.807, 2.05) is 42.2 Å². The highest BCUT2D eigenvalue weighted by atomic mass is 32.2. The summed E-state index contributed by atoms with van der Waals surface area (Å²) in [5.41, 5.74) is 1.77. The second kappa shape index (κ2) is 5.92. The van der Waals surface area contributed by atoms with Gasteiger partial charge < -0.3 is 10.3 Å². The van der Waals surface area contributed by atoms with Crippen LogP contribution in [0.4, 0.5) is 0 Å². The van der Waals surface area contributed by atoms with Gasteiger partial charge in [0, 0.05) is 28.4 Å². The monoisotopic (exact) mass is 288 g/mol. The Labute approximate surface area is 123 Å². The second-order valence-corrected chi connectivity index (χ2v) is 6.57. The number of aromatic nitrogens is 1. The zero-order valence-electron chi connectivity index (χ0n) is 11.7. The molecule has 4 heteroatoms. The Morgan fingerprint density at radius 3 is 2.75 bits per heavy atom. The van der Waals surface area contributed by atoms with Crippen LogP contribution in [0.3, 0.4) is 0 Å². The summed E-state index contributed by atoms with van der Waals surface area (Å²) < 4.78 is 0. The molecule has 1 aliphatic carbocycles. The largest absolute Gasteiger partial charge is 0.360 e. The number of hydrogen-bond donors (Lipinski definition) is 2. The predicted octanol–water partition coefficient (Wildman–Crippen LogP) is 3.57. The fourth-order valence-corrected chi connectivity index (χ4v) is 3.71. The topological polar surface area (TPSA) is 44.9 Å². The number of fused-ring (bicyclic) bond motifs is 1. The van der Waals surface area contributed by atoms with E-state index in [0.29, 0.717) is 6.04 Å². The summed E-state index contributed by atoms with van der Waals surface area (Å²) in [6, 6.07) is 8.27. The van der Waals surface area contributed by atoms with E-state index in [9.17, 15) is 4.79 Å². The van der Waals surface area contributed by atoms with E-state index >= 15 is 0 Å². The summed E-state index contributed by atoms with van der Waals surface area (Å²) in [6.45, 7) is 0. The van der Waals surface area contributed by atoms with Crippen LogP contribution >= 0.6 is 11.8 Å². The third kappa shape index (κ3) is 2.70. The molecule has 0 spiro atoms. The molecule has 1 saturated carbocycles. The number of amides is 1. The smallest absolute Gasteiger partial charge is 0.253 e. The molecule has 0 radical (unpaired) electrons. The van der Waals surface area contributed by atoms with Crippen LogP contribution in [0.5, 0.6) is 0 Å². The van der Waals surface area contributed by atoms with Crippen LogP contribution in [0.2, 0.25) is 0 Å². The van der Waals surface area contributed by atoms with Gasteiger partial charge in [0.15, 0.2) is 0 Å². The maximum absolute atomic E-state index is 12.4. The first-order valence-corrected chi connectivity index (χ1v) is 8.46. The minimum absolute atomic E-state index is 0.0510. The van der Waals surface area contributed by atoms with E-state index in [1.54, 1.807) is 0 Å². The van der Waals surface area contributed by atoms with Crippen molar-refractivity contribution in [3.05, 3.63) is 36.0 Å². The van der Waals surface area contributed by atoms with Crippen molar-refractivity contribution in [2.75, 3.05) is 6.26 Å². The van der Waals surface area contributed by atoms with Gasteiger partial charge in [-0.2, -0.15) is 11.8 Å². The molecule has 0 atom stereocenters. The van der Waals surface area contributed by atoms with Gasteiger partial charge >= 0.3 is 0 Å². The van der Waals surface area contributed by atoms with Gasteiger partial charge in [-0.15, -0.1) is 0 Å². The molecule has 3 rings (SSSR count). The molecule has 1 aliphatic rings. The van der Waals surface area contributed by atoms with Crippen molar-refractivity contribution in [3.63, 3.8) is 0 Å². The highest BCUT2D eigenvalue weighted by Gasteiger charge is 2.22. The minimum Gasteiger partial charge on any atom is -0.360 e. The molecule has 3 nitrogen and oxygen atoms in total. The van der Waals surface area contributed by atoms with Crippen molar-refractivity contribution >= 4 is 28.6 Å². The maximum atomic E-state index is 12.4. The number of carbonyl (C=O) groups is 1. The molecular weight excluding hydrogens is 268 g/mol. The maximum Gasteiger partial charge on any atom is 0.253 e. The zero-order chi connectivity index (χ0) is 13.9. The van der Waals surface area contributed by atoms with E-state index in [0.717, 1.165) is 34.6 Å². The van der Waals surface area contributed by atoms with Crippen LogP contribution in [-0.4, -0.2) is 28.4 Å². The molecule has 1 heterocycles. The lowest BCUT2D eigenvalue weighted by molar-refractivity contribution is 0.0930. The van der Waals surface area contributed by atoms with Crippen LogP contribution in [0.25, 0.3) is 10.9 Å². The SMILES string of the molecule is CSC1CCC(NC(=O)c2c[nH]c3ccccc23)CC1. The molecule has 1 aromatic carbocycles. The number of hydrogen-bond acceptors (Lipinski definition) is 2. The molecule has 106 valence electrons. The minimum atomic E-state index is 0.0510. The molecule has 0 saturated heterocycles. The van der Waals surface area contributed by atoms with Crippen molar-refractivity contribution in [1.29, 1.82) is 0 Å². The summed E-state index contributed by atoms with van der Waals surface area (Å²) in [5.74, 6) is 0.0510. The Morgan fingerprint density at radius 1 is 1.25 bits per heavy atom. The normalized spacial score (nSPS) is 22.9. The van der Waals surface area contributed by atoms with Gasteiger partial charge in [0.05, 0.1) is 5.56 Å². The van der Waals surface area contributed by atoms with Crippen LogP contribution in [-0.2, 0) is 0 Å². The van der Waals surface area contributed by atoms with Gasteiger partial charge in [-0.05, 0) is 38.0 Å². The lowest BCUT2D eigenvalue weighted by atomic mass is 9.94. The van der Waals surface area contributed by atoms with Gasteiger partial charge in [0.2, 0.25) is 0 Å². The van der Waals surface area contributed by atoms with E-state index in [1.165, 1.54) is 12.8 Å². The molecule has 2 N–H and O–H groups in total. The molecule has 1 fully saturated rings. The van der Waals surface area contributed by atoms with Crippen LogP contribution < -0.4 is 5.32 Å². The van der Waals surface area contributed by atoms with E-state index in [2.05, 4.69) is 16.6 Å². The number of thioether (sulfide) groups is 1. The molecule has 20 heavy (non-hydrogen) atoms. The third-order valence-corrected chi connectivity index (χ3v) is 5.31. The lowest BCUT2D eigenvalue weighted by Gasteiger charge is -2.27. The molecule has 1 amide bonds. The summed E-state index contributed by atoms with van der Waals surface area (Å²) in [7, 11) is 0. The van der Waals surface area contributed by atoms with Gasteiger partial charge in [0.25, 0.3) is 5.91 Å². The standard InChI is InChI=1S/C16H20N2OS/c1-20-12-8-6-11(7-9-12)18-16(19)14-10-17-15-5-3-2-4-13(14)15/h2-5,10-12,17H,6-9H2,1H3,(H,18,19).